The van der Waals surface area contributed by atoms with Gasteiger partial charge in [0.1, 0.15) is 5.56 Å². The van der Waals surface area contributed by atoms with Gasteiger partial charge in [0.15, 0.2) is 5.75 Å². The molecule has 22 heavy (non-hydrogen) atoms. The largest absolute Gasteiger partial charge is 0.504 e. The molecule has 0 saturated heterocycles. The average molecular weight is 332 g/mol. The second-order valence-electron chi connectivity index (χ2n) is 4.30. The van der Waals surface area contributed by atoms with Crippen molar-refractivity contribution in [3.8, 4) is 11.5 Å². The lowest BCUT2D eigenvalue weighted by atomic mass is 10.1. The van der Waals surface area contributed by atoms with Gasteiger partial charge in [0.25, 0.3) is 5.91 Å². The lowest BCUT2D eigenvalue weighted by Gasteiger charge is -2.17. The molecule has 3 N–H and O–H groups in total. The Hall–Kier alpha value is -2.55. The minimum atomic E-state index is -1.10. The molecule has 0 aliphatic carbocycles. The van der Waals surface area contributed by atoms with E-state index in [2.05, 4.69) is 5.32 Å². The van der Waals surface area contributed by atoms with Crippen LogP contribution >= 0.6 is 11.6 Å². The number of nitrogens with zero attached hydrogens (tertiary/aromatic N) is 2. The van der Waals surface area contributed by atoms with Gasteiger partial charge < -0.3 is 15.5 Å². The number of aromatic hydroxyl groups is 2. The average Bonchev–Trinajstić information content (AvgIpc) is 2.46. The van der Waals surface area contributed by atoms with Crippen LogP contribution in [-0.4, -0.2) is 45.6 Å². The summed E-state index contributed by atoms with van der Waals surface area (Å²) in [4.78, 5) is 34.5. The fourth-order valence-electron chi connectivity index (χ4n) is 1.61. The SMILES string of the molecule is CCCNC(=O)N(C)C(=O)c1c(Cl)cc(O)c(O)c1[N+](=O)[O-]. The fourth-order valence-corrected chi connectivity index (χ4v) is 1.88. The number of imide groups is 1. The highest BCUT2D eigenvalue weighted by atomic mass is 35.5. The molecule has 0 atom stereocenters. The Morgan fingerprint density at radius 2 is 2.05 bits per heavy atom. The van der Waals surface area contributed by atoms with Crippen molar-refractivity contribution < 1.29 is 24.7 Å². The van der Waals surface area contributed by atoms with Crippen LogP contribution in [0.5, 0.6) is 11.5 Å². The highest BCUT2D eigenvalue weighted by Gasteiger charge is 2.34. The minimum absolute atomic E-state index is 0.313. The van der Waals surface area contributed by atoms with E-state index in [1.54, 1.807) is 0 Å². The Labute approximate surface area is 130 Å². The molecule has 9 nitrogen and oxygen atoms in total. The van der Waals surface area contributed by atoms with E-state index in [9.17, 15) is 29.9 Å². The van der Waals surface area contributed by atoms with E-state index in [-0.39, 0.29) is 0 Å². The molecule has 0 aliphatic heterocycles. The van der Waals surface area contributed by atoms with Gasteiger partial charge in [0.05, 0.1) is 9.95 Å². The first-order valence-corrected chi connectivity index (χ1v) is 6.54. The third kappa shape index (κ3) is 3.37. The first-order chi connectivity index (χ1) is 10.2. The molecule has 0 spiro atoms. The Morgan fingerprint density at radius 1 is 1.45 bits per heavy atom. The van der Waals surface area contributed by atoms with Gasteiger partial charge in [-0.25, -0.2) is 4.79 Å². The molecule has 0 heterocycles. The monoisotopic (exact) mass is 331 g/mol. The number of carbonyl (C=O) groups excluding carboxylic acids is 2. The molecule has 0 aliphatic rings. The van der Waals surface area contributed by atoms with Gasteiger partial charge in [-0.15, -0.1) is 0 Å². The molecular weight excluding hydrogens is 318 g/mol. The highest BCUT2D eigenvalue weighted by molar-refractivity contribution is 6.35. The van der Waals surface area contributed by atoms with Gasteiger partial charge in [-0.3, -0.25) is 19.8 Å². The van der Waals surface area contributed by atoms with Crippen molar-refractivity contribution in [2.75, 3.05) is 13.6 Å². The van der Waals surface area contributed by atoms with Crippen LogP contribution in [0.25, 0.3) is 0 Å². The molecule has 120 valence electrons. The smallest absolute Gasteiger partial charge is 0.328 e. The van der Waals surface area contributed by atoms with Crippen molar-refractivity contribution in [2.45, 2.75) is 13.3 Å². The molecule has 0 aromatic heterocycles. The summed E-state index contributed by atoms with van der Waals surface area (Å²) in [7, 11) is 1.11. The van der Waals surface area contributed by atoms with Crippen LogP contribution in [0.3, 0.4) is 0 Å². The normalized spacial score (nSPS) is 10.1. The predicted octanol–water partition coefficient (Wildman–Crippen LogP) is 1.85. The first-order valence-electron chi connectivity index (χ1n) is 6.17. The van der Waals surface area contributed by atoms with Crippen LogP contribution in [0.15, 0.2) is 6.07 Å². The van der Waals surface area contributed by atoms with Crippen LogP contribution < -0.4 is 5.32 Å². The van der Waals surface area contributed by atoms with Gasteiger partial charge in [-0.2, -0.15) is 0 Å². The molecule has 0 bridgehead atoms. The molecular formula is C12H14ClN3O6. The number of benzene rings is 1. The molecule has 0 radical (unpaired) electrons. The fraction of sp³-hybridized carbons (Fsp3) is 0.333. The summed E-state index contributed by atoms with van der Waals surface area (Å²) in [6.07, 6.45) is 0.634. The summed E-state index contributed by atoms with van der Waals surface area (Å²) in [5, 5.41) is 31.9. The number of hydrogen-bond donors (Lipinski definition) is 3. The summed E-state index contributed by atoms with van der Waals surface area (Å²) in [6, 6.07) is 0.0133. The predicted molar refractivity (Wildman–Crippen MR) is 77.2 cm³/mol. The van der Waals surface area contributed by atoms with Gasteiger partial charge >= 0.3 is 11.7 Å². The minimum Gasteiger partial charge on any atom is -0.504 e. The van der Waals surface area contributed by atoms with Gasteiger partial charge in [-0.1, -0.05) is 18.5 Å². The third-order valence-electron chi connectivity index (χ3n) is 2.74. The van der Waals surface area contributed by atoms with Crippen molar-refractivity contribution in [2.24, 2.45) is 0 Å². The maximum absolute atomic E-state index is 12.2. The number of phenolic OH excluding ortho intramolecular Hbond substituents is 2. The van der Waals surface area contributed by atoms with Crippen molar-refractivity contribution in [1.82, 2.24) is 10.2 Å². The van der Waals surface area contributed by atoms with E-state index in [4.69, 9.17) is 11.6 Å². The summed E-state index contributed by atoms with van der Waals surface area (Å²) < 4.78 is 0. The van der Waals surface area contributed by atoms with Crippen molar-refractivity contribution >= 4 is 29.2 Å². The molecule has 1 rings (SSSR count). The number of nitro benzene ring substituents is 1. The van der Waals surface area contributed by atoms with Crippen molar-refractivity contribution in [1.29, 1.82) is 0 Å². The number of phenols is 2. The van der Waals surface area contributed by atoms with Gasteiger partial charge in [0, 0.05) is 19.7 Å². The Kier molecular flexibility index (Phi) is 5.52. The molecule has 1 aromatic rings. The highest BCUT2D eigenvalue weighted by Crippen LogP contribution is 2.42. The zero-order valence-corrected chi connectivity index (χ0v) is 12.5. The zero-order chi connectivity index (χ0) is 17.0. The number of carbonyl (C=O) groups is 2. The Morgan fingerprint density at radius 3 is 2.55 bits per heavy atom. The van der Waals surface area contributed by atoms with E-state index >= 15 is 0 Å². The van der Waals surface area contributed by atoms with Crippen LogP contribution in [-0.2, 0) is 0 Å². The lowest BCUT2D eigenvalue weighted by molar-refractivity contribution is -0.386. The second-order valence-corrected chi connectivity index (χ2v) is 4.71. The number of urea groups is 1. The second kappa shape index (κ2) is 6.94. The van der Waals surface area contributed by atoms with E-state index in [0.29, 0.717) is 17.9 Å². The van der Waals surface area contributed by atoms with Gasteiger partial charge in [-0.05, 0) is 6.42 Å². The molecule has 0 fully saturated rings. The van der Waals surface area contributed by atoms with E-state index in [1.165, 1.54) is 0 Å². The van der Waals surface area contributed by atoms with E-state index in [1.807, 2.05) is 6.92 Å². The van der Waals surface area contributed by atoms with E-state index < -0.39 is 44.6 Å². The first kappa shape index (κ1) is 17.5. The summed E-state index contributed by atoms with van der Waals surface area (Å²) in [5.41, 5.74) is -1.75. The number of nitrogens with one attached hydrogen (secondary N) is 1. The Bertz CT molecular complexity index is 634. The van der Waals surface area contributed by atoms with Crippen LogP contribution in [0.1, 0.15) is 23.7 Å². The number of amides is 3. The number of rotatable bonds is 4. The number of nitro groups is 1. The van der Waals surface area contributed by atoms with Gasteiger partial charge in [0.2, 0.25) is 5.75 Å². The van der Waals surface area contributed by atoms with Crippen LogP contribution in [0.4, 0.5) is 10.5 Å². The summed E-state index contributed by atoms with van der Waals surface area (Å²) >= 11 is 5.74. The number of hydrogen-bond acceptors (Lipinski definition) is 6. The molecule has 0 saturated carbocycles. The number of halogens is 1. The summed E-state index contributed by atoms with van der Waals surface area (Å²) in [6.45, 7) is 2.12. The molecule has 0 unspecified atom stereocenters. The standard InChI is InChI=1S/C12H14ClN3O6/c1-3-4-14-12(20)15(2)11(19)8-6(13)5-7(17)10(18)9(8)16(21)22/h5,17-18H,3-4H2,1-2H3,(H,14,20). The Balaban J connectivity index is 3.31. The van der Waals surface area contributed by atoms with Crippen molar-refractivity contribution in [3.63, 3.8) is 0 Å². The van der Waals surface area contributed by atoms with E-state index in [0.717, 1.165) is 13.1 Å². The quantitative estimate of drug-likeness (QED) is 0.438. The molecule has 3 amide bonds. The zero-order valence-electron chi connectivity index (χ0n) is 11.8. The van der Waals surface area contributed by atoms with Crippen LogP contribution in [0, 0.1) is 10.1 Å². The lowest BCUT2D eigenvalue weighted by Crippen LogP contribution is -2.41. The third-order valence-corrected chi connectivity index (χ3v) is 3.04. The maximum Gasteiger partial charge on any atom is 0.328 e. The summed E-state index contributed by atoms with van der Waals surface area (Å²) in [5.74, 6) is -3.02. The van der Waals surface area contributed by atoms with Crippen LogP contribution in [0.2, 0.25) is 5.02 Å². The topological polar surface area (TPSA) is 133 Å². The maximum atomic E-state index is 12.2. The molecule has 1 aromatic carbocycles. The van der Waals surface area contributed by atoms with Crippen molar-refractivity contribution in [3.05, 3.63) is 26.8 Å². The molecule has 10 heteroatoms.